The average molecular weight is 265 g/mol. The van der Waals surface area contributed by atoms with Crippen molar-refractivity contribution in [2.24, 2.45) is 5.92 Å². The summed E-state index contributed by atoms with van der Waals surface area (Å²) in [5.74, 6) is 1.21. The molecule has 1 amide bonds. The van der Waals surface area contributed by atoms with E-state index in [0.29, 0.717) is 18.0 Å². The van der Waals surface area contributed by atoms with Gasteiger partial charge in [0.25, 0.3) is 5.91 Å². The Kier molecular flexibility index (Phi) is 3.56. The van der Waals surface area contributed by atoms with E-state index in [-0.39, 0.29) is 13.5 Å². The molecule has 1 aliphatic carbocycles. The number of carbonyl (C=O) groups excluding carboxylic acids is 1. The van der Waals surface area contributed by atoms with Crippen LogP contribution in [0.4, 0.5) is 0 Å². The standard InChI is InChI=1S/C14H23N3O.CH4/c18-14-11(9-10-4-5-10)15-17(14)13-6-8-16-7-2-1-3-12(13)16;/h10-13,15H,1-9H2;1H4. The number of rotatable bonds is 3. The summed E-state index contributed by atoms with van der Waals surface area (Å²) in [6.45, 7) is 2.43. The van der Waals surface area contributed by atoms with Crippen LogP contribution in [0.1, 0.15) is 52.4 Å². The molecule has 1 N–H and O–H groups in total. The van der Waals surface area contributed by atoms with Crippen molar-refractivity contribution in [3.05, 3.63) is 0 Å². The Hall–Kier alpha value is -0.610. The summed E-state index contributed by atoms with van der Waals surface area (Å²) in [7, 11) is 0. The fraction of sp³-hybridized carbons (Fsp3) is 0.933. The van der Waals surface area contributed by atoms with Crippen molar-refractivity contribution < 1.29 is 4.79 Å². The molecule has 4 fully saturated rings. The summed E-state index contributed by atoms with van der Waals surface area (Å²) in [5, 5.41) is 1.98. The minimum absolute atomic E-state index is 0. The summed E-state index contributed by atoms with van der Waals surface area (Å²) >= 11 is 0. The van der Waals surface area contributed by atoms with Crippen LogP contribution in [0, 0.1) is 5.92 Å². The lowest BCUT2D eigenvalue weighted by atomic mass is 9.96. The van der Waals surface area contributed by atoms with Crippen LogP contribution in [-0.4, -0.2) is 47.0 Å². The molecule has 4 aliphatic rings. The first kappa shape index (κ1) is 13.4. The molecule has 3 atom stereocenters. The molecule has 19 heavy (non-hydrogen) atoms. The highest BCUT2D eigenvalue weighted by atomic mass is 16.2. The maximum absolute atomic E-state index is 12.2. The maximum Gasteiger partial charge on any atom is 0.255 e. The molecule has 0 aromatic heterocycles. The molecule has 0 aromatic rings. The van der Waals surface area contributed by atoms with Gasteiger partial charge in [-0.25, -0.2) is 5.43 Å². The van der Waals surface area contributed by atoms with Gasteiger partial charge in [0.1, 0.15) is 6.04 Å². The fourth-order valence-corrected chi connectivity index (χ4v) is 4.01. The molecular formula is C15H27N3O. The molecule has 4 nitrogen and oxygen atoms in total. The molecule has 0 bridgehead atoms. The molecule has 4 rings (SSSR count). The second-order valence-corrected chi connectivity index (χ2v) is 6.52. The number of amides is 1. The van der Waals surface area contributed by atoms with E-state index < -0.39 is 0 Å². The maximum atomic E-state index is 12.2. The van der Waals surface area contributed by atoms with E-state index in [9.17, 15) is 4.79 Å². The minimum Gasteiger partial charge on any atom is -0.298 e. The topological polar surface area (TPSA) is 35.6 Å². The zero-order valence-electron chi connectivity index (χ0n) is 11.0. The summed E-state index contributed by atoms with van der Waals surface area (Å²) in [6.07, 6.45) is 8.89. The number of nitrogens with zero attached hydrogens (tertiary/aromatic N) is 2. The largest absolute Gasteiger partial charge is 0.298 e. The zero-order chi connectivity index (χ0) is 12.1. The van der Waals surface area contributed by atoms with Crippen LogP contribution >= 0.6 is 0 Å². The van der Waals surface area contributed by atoms with Gasteiger partial charge in [-0.1, -0.05) is 26.7 Å². The lowest BCUT2D eigenvalue weighted by Gasteiger charge is -2.46. The lowest BCUT2D eigenvalue weighted by Crippen LogP contribution is -2.71. The molecule has 3 heterocycles. The summed E-state index contributed by atoms with van der Waals surface area (Å²) < 4.78 is 0. The van der Waals surface area contributed by atoms with E-state index in [1.807, 2.05) is 5.01 Å². The predicted molar refractivity (Wildman–Crippen MR) is 75.5 cm³/mol. The van der Waals surface area contributed by atoms with Crippen LogP contribution in [0.15, 0.2) is 0 Å². The molecule has 0 radical (unpaired) electrons. The van der Waals surface area contributed by atoms with E-state index in [2.05, 4.69) is 10.3 Å². The van der Waals surface area contributed by atoms with Gasteiger partial charge in [-0.2, -0.15) is 0 Å². The van der Waals surface area contributed by atoms with Crippen LogP contribution in [0.2, 0.25) is 0 Å². The van der Waals surface area contributed by atoms with Gasteiger partial charge < -0.3 is 0 Å². The van der Waals surface area contributed by atoms with Crippen LogP contribution < -0.4 is 5.43 Å². The molecule has 1 saturated carbocycles. The van der Waals surface area contributed by atoms with Crippen LogP contribution in [-0.2, 0) is 4.79 Å². The second-order valence-electron chi connectivity index (χ2n) is 6.52. The molecule has 0 aromatic carbocycles. The average Bonchev–Trinajstić information content (AvgIpc) is 3.13. The Bertz CT molecular complexity index is 355. The number of fused-ring (bicyclic) bond motifs is 1. The van der Waals surface area contributed by atoms with Gasteiger partial charge in [0.2, 0.25) is 0 Å². The summed E-state index contributed by atoms with van der Waals surface area (Å²) in [5.41, 5.74) is 3.43. The molecule has 0 spiro atoms. The van der Waals surface area contributed by atoms with Crippen molar-refractivity contribution in [2.75, 3.05) is 13.1 Å². The quantitative estimate of drug-likeness (QED) is 0.844. The highest BCUT2D eigenvalue weighted by molar-refractivity contribution is 5.86. The van der Waals surface area contributed by atoms with Crippen LogP contribution in [0.25, 0.3) is 0 Å². The molecule has 3 unspecified atom stereocenters. The van der Waals surface area contributed by atoms with E-state index in [4.69, 9.17) is 0 Å². The van der Waals surface area contributed by atoms with Crippen molar-refractivity contribution >= 4 is 5.91 Å². The predicted octanol–water partition coefficient (Wildman–Crippen LogP) is 1.76. The number of hydrogen-bond donors (Lipinski definition) is 1. The third-order valence-corrected chi connectivity index (χ3v) is 5.25. The van der Waals surface area contributed by atoms with Gasteiger partial charge in [-0.05, 0) is 38.1 Å². The first-order valence-corrected chi connectivity index (χ1v) is 7.66. The monoisotopic (exact) mass is 265 g/mol. The van der Waals surface area contributed by atoms with Gasteiger partial charge in [0.05, 0.1) is 6.04 Å². The normalized spacial score (nSPS) is 38.6. The Balaban J connectivity index is 0.00000110. The van der Waals surface area contributed by atoms with Gasteiger partial charge in [-0.3, -0.25) is 14.7 Å². The molecule has 3 saturated heterocycles. The lowest BCUT2D eigenvalue weighted by molar-refractivity contribution is -0.159. The van der Waals surface area contributed by atoms with Gasteiger partial charge >= 0.3 is 0 Å². The SMILES string of the molecule is C.O=C1C(CC2CC2)NN1C1CCN2CCCCC12. The third-order valence-electron chi connectivity index (χ3n) is 5.25. The summed E-state index contributed by atoms with van der Waals surface area (Å²) in [4.78, 5) is 14.8. The molecule has 3 aliphatic heterocycles. The van der Waals surface area contributed by atoms with Gasteiger partial charge in [0, 0.05) is 12.6 Å². The van der Waals surface area contributed by atoms with E-state index in [0.717, 1.165) is 12.3 Å². The van der Waals surface area contributed by atoms with E-state index in [1.165, 1.54) is 51.6 Å². The van der Waals surface area contributed by atoms with E-state index in [1.54, 1.807) is 0 Å². The number of nitrogens with one attached hydrogen (secondary N) is 1. The fourth-order valence-electron chi connectivity index (χ4n) is 4.01. The van der Waals surface area contributed by atoms with Crippen molar-refractivity contribution in [1.29, 1.82) is 0 Å². The first-order chi connectivity index (χ1) is 8.83. The number of hydrazine groups is 1. The highest BCUT2D eigenvalue weighted by Crippen LogP contribution is 2.37. The van der Waals surface area contributed by atoms with Crippen LogP contribution in [0.3, 0.4) is 0 Å². The van der Waals surface area contributed by atoms with Crippen molar-refractivity contribution in [3.8, 4) is 0 Å². The Morgan fingerprint density at radius 3 is 2.63 bits per heavy atom. The first-order valence-electron chi connectivity index (χ1n) is 7.66. The second kappa shape index (κ2) is 5.06. The summed E-state index contributed by atoms with van der Waals surface area (Å²) in [6, 6.07) is 1.24. The number of piperidine rings is 1. The molecular weight excluding hydrogens is 238 g/mol. The van der Waals surface area contributed by atoms with Crippen molar-refractivity contribution in [2.45, 2.75) is 70.5 Å². The van der Waals surface area contributed by atoms with Gasteiger partial charge in [0.15, 0.2) is 0 Å². The Morgan fingerprint density at radius 1 is 1.05 bits per heavy atom. The zero-order valence-corrected chi connectivity index (χ0v) is 11.0. The van der Waals surface area contributed by atoms with Gasteiger partial charge in [-0.15, -0.1) is 0 Å². The number of hydrogen-bond acceptors (Lipinski definition) is 3. The minimum atomic E-state index is 0. The molecule has 108 valence electrons. The van der Waals surface area contributed by atoms with Crippen LogP contribution in [0.5, 0.6) is 0 Å². The smallest absolute Gasteiger partial charge is 0.255 e. The molecule has 4 heteroatoms. The third kappa shape index (κ3) is 2.29. The Labute approximate surface area is 116 Å². The number of carbonyl (C=O) groups is 1. The Morgan fingerprint density at radius 2 is 1.89 bits per heavy atom. The van der Waals surface area contributed by atoms with Crippen molar-refractivity contribution in [3.63, 3.8) is 0 Å². The van der Waals surface area contributed by atoms with E-state index >= 15 is 0 Å². The highest BCUT2D eigenvalue weighted by Gasteiger charge is 2.48. The van der Waals surface area contributed by atoms with Crippen molar-refractivity contribution in [1.82, 2.24) is 15.3 Å².